The largest absolute Gasteiger partial charge is 0.445 e. The first-order chi connectivity index (χ1) is 19.3. The molecule has 0 saturated carbocycles. The van der Waals surface area contributed by atoms with E-state index in [9.17, 15) is 18.7 Å². The summed E-state index contributed by atoms with van der Waals surface area (Å²) in [5.41, 5.74) is 15.1. The number of nitrogens with one attached hydrogen (secondary N) is 1. The van der Waals surface area contributed by atoms with Crippen molar-refractivity contribution >= 4 is 11.6 Å². The van der Waals surface area contributed by atoms with E-state index in [0.29, 0.717) is 29.1 Å². The maximum absolute atomic E-state index is 13.9. The van der Waals surface area contributed by atoms with Crippen molar-refractivity contribution in [3.63, 3.8) is 0 Å². The number of carbonyl (C=O) groups excluding carboxylic acids is 1. The fourth-order valence-electron chi connectivity index (χ4n) is 5.15. The molecule has 0 saturated heterocycles. The van der Waals surface area contributed by atoms with Crippen molar-refractivity contribution in [3.05, 3.63) is 83.0 Å². The third-order valence-corrected chi connectivity index (χ3v) is 7.23. The van der Waals surface area contributed by atoms with Crippen LogP contribution in [0.2, 0.25) is 0 Å². The number of allylic oxidation sites excluding steroid dienone is 1. The Morgan fingerprint density at radius 2 is 2.02 bits per heavy atom. The molecule has 6 N–H and O–H groups in total. The van der Waals surface area contributed by atoms with Gasteiger partial charge in [0.15, 0.2) is 0 Å². The van der Waals surface area contributed by atoms with Crippen molar-refractivity contribution in [1.29, 1.82) is 0 Å². The SMILES string of the molecule is CCCCN1CCCc2c(-c3ncco3)cc(C(=O)NC(Cc3cc(F)cc(F)c3)C(O)CC/C(N)=C/N)cc21. The van der Waals surface area contributed by atoms with Crippen LogP contribution in [0.3, 0.4) is 0 Å². The molecule has 1 aliphatic rings. The van der Waals surface area contributed by atoms with Crippen molar-refractivity contribution in [2.24, 2.45) is 11.5 Å². The second kappa shape index (κ2) is 13.4. The van der Waals surface area contributed by atoms with Crippen molar-refractivity contribution in [3.8, 4) is 11.5 Å². The smallest absolute Gasteiger partial charge is 0.251 e. The summed E-state index contributed by atoms with van der Waals surface area (Å²) in [4.78, 5) is 20.3. The van der Waals surface area contributed by atoms with Crippen molar-refractivity contribution in [2.45, 2.75) is 64.0 Å². The molecule has 2 atom stereocenters. The fraction of sp³-hybridized carbons (Fsp3) is 0.400. The number of benzene rings is 2. The summed E-state index contributed by atoms with van der Waals surface area (Å²) in [5, 5.41) is 13.9. The molecular weight excluding hydrogens is 516 g/mol. The van der Waals surface area contributed by atoms with Gasteiger partial charge in [0.05, 0.1) is 18.3 Å². The predicted octanol–water partition coefficient (Wildman–Crippen LogP) is 4.41. The number of aliphatic hydroxyl groups excluding tert-OH is 1. The van der Waals surface area contributed by atoms with Crippen LogP contribution in [0.15, 0.2) is 59.1 Å². The first-order valence-electron chi connectivity index (χ1n) is 13.7. The summed E-state index contributed by atoms with van der Waals surface area (Å²) in [7, 11) is 0. The minimum atomic E-state index is -1.06. The number of nitrogens with zero attached hydrogens (tertiary/aromatic N) is 2. The van der Waals surface area contributed by atoms with Crippen molar-refractivity contribution in [1.82, 2.24) is 10.3 Å². The van der Waals surface area contributed by atoms with Crippen LogP contribution in [0, 0.1) is 11.6 Å². The van der Waals surface area contributed by atoms with Crippen molar-refractivity contribution in [2.75, 3.05) is 18.0 Å². The molecule has 4 rings (SSSR count). The van der Waals surface area contributed by atoms with Gasteiger partial charge in [-0.3, -0.25) is 4.79 Å². The molecule has 2 heterocycles. The number of aromatic nitrogens is 1. The molecule has 214 valence electrons. The normalized spacial score (nSPS) is 15.0. The molecule has 1 aliphatic heterocycles. The van der Waals surface area contributed by atoms with Gasteiger partial charge in [0.1, 0.15) is 17.9 Å². The average molecular weight is 554 g/mol. The minimum Gasteiger partial charge on any atom is -0.445 e. The second-order valence-electron chi connectivity index (χ2n) is 10.2. The molecule has 0 bridgehead atoms. The van der Waals surface area contributed by atoms with Crippen LogP contribution >= 0.6 is 0 Å². The van der Waals surface area contributed by atoms with Gasteiger partial charge in [-0.2, -0.15) is 0 Å². The molecule has 2 aromatic carbocycles. The number of rotatable bonds is 12. The number of unbranched alkanes of at least 4 members (excludes halogenated alkanes) is 1. The van der Waals surface area contributed by atoms with Gasteiger partial charge in [0.2, 0.25) is 5.89 Å². The molecule has 0 aliphatic carbocycles. The van der Waals surface area contributed by atoms with E-state index in [1.165, 1.54) is 24.6 Å². The Balaban J connectivity index is 1.67. The summed E-state index contributed by atoms with van der Waals surface area (Å²) in [6.45, 7) is 3.88. The molecular formula is C30H37F2N5O3. The van der Waals surface area contributed by atoms with Gasteiger partial charge in [-0.25, -0.2) is 13.8 Å². The molecule has 0 fully saturated rings. The van der Waals surface area contributed by atoms with E-state index in [0.717, 1.165) is 61.7 Å². The highest BCUT2D eigenvalue weighted by molar-refractivity contribution is 5.97. The van der Waals surface area contributed by atoms with Gasteiger partial charge in [0, 0.05) is 47.9 Å². The molecule has 40 heavy (non-hydrogen) atoms. The van der Waals surface area contributed by atoms with Crippen LogP contribution in [0.5, 0.6) is 0 Å². The van der Waals surface area contributed by atoms with Crippen LogP contribution in [0.4, 0.5) is 14.5 Å². The number of halogens is 2. The summed E-state index contributed by atoms with van der Waals surface area (Å²) in [6.07, 6.45) is 7.63. The number of oxazole rings is 1. The zero-order valence-corrected chi connectivity index (χ0v) is 22.7. The molecule has 2 unspecified atom stereocenters. The van der Waals surface area contributed by atoms with Crippen LogP contribution in [0.25, 0.3) is 11.5 Å². The summed E-state index contributed by atoms with van der Waals surface area (Å²) < 4.78 is 33.5. The third-order valence-electron chi connectivity index (χ3n) is 7.23. The van der Waals surface area contributed by atoms with E-state index >= 15 is 0 Å². The number of carbonyl (C=O) groups is 1. The van der Waals surface area contributed by atoms with Crippen LogP contribution in [-0.4, -0.2) is 41.2 Å². The Morgan fingerprint density at radius 1 is 1.25 bits per heavy atom. The molecule has 3 aromatic rings. The Morgan fingerprint density at radius 3 is 2.70 bits per heavy atom. The highest BCUT2D eigenvalue weighted by atomic mass is 19.1. The Kier molecular flexibility index (Phi) is 9.76. The van der Waals surface area contributed by atoms with E-state index in [2.05, 4.69) is 22.1 Å². The number of amides is 1. The van der Waals surface area contributed by atoms with Crippen LogP contribution < -0.4 is 21.7 Å². The highest BCUT2D eigenvalue weighted by Gasteiger charge is 2.27. The standard InChI is InChI=1S/C30H37F2N5O3/c1-2-3-9-37-10-4-5-24-25(30-35-8-11-40-30)15-20(16-27(24)37)29(39)36-26(28(38)7-6-23(34)18-33)14-19-12-21(31)17-22(32)13-19/h8,11-13,15-18,26,28,38H,2-7,9-10,14,33-34H2,1H3,(H,36,39)/b23-18-. The average Bonchev–Trinajstić information content (AvgIpc) is 3.48. The van der Waals surface area contributed by atoms with E-state index in [1.54, 1.807) is 12.3 Å². The quantitative estimate of drug-likeness (QED) is 0.261. The summed E-state index contributed by atoms with van der Waals surface area (Å²) in [5.74, 6) is -1.47. The lowest BCUT2D eigenvalue weighted by atomic mass is 9.92. The van der Waals surface area contributed by atoms with E-state index in [1.807, 2.05) is 6.07 Å². The molecule has 1 amide bonds. The number of aliphatic hydroxyl groups is 1. The number of hydrogen-bond acceptors (Lipinski definition) is 7. The first-order valence-corrected chi connectivity index (χ1v) is 13.7. The van der Waals surface area contributed by atoms with Gasteiger partial charge >= 0.3 is 0 Å². The van der Waals surface area contributed by atoms with Crippen LogP contribution in [-0.2, 0) is 12.8 Å². The Hall–Kier alpha value is -3.92. The third kappa shape index (κ3) is 7.18. The van der Waals surface area contributed by atoms with Gasteiger partial charge < -0.3 is 31.2 Å². The van der Waals surface area contributed by atoms with Gasteiger partial charge in [-0.15, -0.1) is 0 Å². The van der Waals surface area contributed by atoms with Gasteiger partial charge in [0.25, 0.3) is 5.91 Å². The molecule has 0 spiro atoms. The van der Waals surface area contributed by atoms with E-state index < -0.39 is 29.7 Å². The van der Waals surface area contributed by atoms with Crippen LogP contribution in [0.1, 0.15) is 60.5 Å². The zero-order valence-electron chi connectivity index (χ0n) is 22.7. The fourth-order valence-corrected chi connectivity index (χ4v) is 5.15. The van der Waals surface area contributed by atoms with Crippen molar-refractivity contribution < 1.29 is 23.1 Å². The lowest BCUT2D eigenvalue weighted by molar-refractivity contribution is 0.0814. The Bertz CT molecular complexity index is 1310. The monoisotopic (exact) mass is 553 g/mol. The Labute approximate surface area is 233 Å². The molecule has 1 aromatic heterocycles. The lowest BCUT2D eigenvalue weighted by Gasteiger charge is -2.33. The maximum Gasteiger partial charge on any atom is 0.251 e. The minimum absolute atomic E-state index is 0.00793. The van der Waals surface area contributed by atoms with Gasteiger partial charge in [-0.1, -0.05) is 13.3 Å². The lowest BCUT2D eigenvalue weighted by Crippen LogP contribution is -2.45. The predicted molar refractivity (Wildman–Crippen MR) is 150 cm³/mol. The number of fused-ring (bicyclic) bond motifs is 1. The molecule has 8 nitrogen and oxygen atoms in total. The topological polar surface area (TPSA) is 131 Å². The molecule has 0 radical (unpaired) electrons. The first kappa shape index (κ1) is 29.1. The van der Waals surface area contributed by atoms with Gasteiger partial charge in [-0.05, 0) is 73.9 Å². The highest BCUT2D eigenvalue weighted by Crippen LogP contribution is 2.36. The summed E-state index contributed by atoms with van der Waals surface area (Å²) in [6, 6.07) is 5.93. The maximum atomic E-state index is 13.9. The van der Waals surface area contributed by atoms with E-state index in [4.69, 9.17) is 15.9 Å². The number of hydrogen-bond donors (Lipinski definition) is 4. The zero-order chi connectivity index (χ0) is 28.6. The summed E-state index contributed by atoms with van der Waals surface area (Å²) >= 11 is 0. The molecule has 10 heteroatoms. The number of anilines is 1. The van der Waals surface area contributed by atoms with E-state index in [-0.39, 0.29) is 12.8 Å². The second-order valence-corrected chi connectivity index (χ2v) is 10.2. The number of nitrogens with two attached hydrogens (primary N) is 2.